The molecule has 4 aromatic rings. The van der Waals surface area contributed by atoms with Gasteiger partial charge in [-0.05, 0) is 78.6 Å². The summed E-state index contributed by atoms with van der Waals surface area (Å²) in [5.74, 6) is -0.00113. The molecule has 4 nitrogen and oxygen atoms in total. The molecule has 34 heavy (non-hydrogen) atoms. The minimum absolute atomic E-state index is 0.303. The second kappa shape index (κ2) is 9.77. The number of thiocarbonyl (C=S) groups is 1. The maximum Gasteiger partial charge on any atom is 0.573 e. The first-order chi connectivity index (χ1) is 16.2. The Labute approximate surface area is 200 Å². The van der Waals surface area contributed by atoms with Gasteiger partial charge in [-0.25, -0.2) is 4.98 Å². The van der Waals surface area contributed by atoms with E-state index in [1.807, 2.05) is 18.2 Å². The molecular weight excluding hydrogens is 461 g/mol. The lowest BCUT2D eigenvalue weighted by Crippen LogP contribution is -2.16. The van der Waals surface area contributed by atoms with Gasteiger partial charge in [0.1, 0.15) is 11.3 Å². The van der Waals surface area contributed by atoms with Crippen LogP contribution in [0, 0.1) is 13.8 Å². The van der Waals surface area contributed by atoms with E-state index < -0.39 is 6.36 Å². The van der Waals surface area contributed by atoms with Crippen molar-refractivity contribution in [2.24, 2.45) is 4.99 Å². The van der Waals surface area contributed by atoms with Gasteiger partial charge in [-0.2, -0.15) is 0 Å². The number of hydrogen-bond donors (Lipinski definition) is 0. The highest BCUT2D eigenvalue weighted by Crippen LogP contribution is 2.28. The smallest absolute Gasteiger partial charge is 0.436 e. The zero-order chi connectivity index (χ0) is 24.3. The second-order valence-corrected chi connectivity index (χ2v) is 8.45. The number of aryl methyl sites for hydroxylation is 2. The van der Waals surface area contributed by atoms with Gasteiger partial charge in [-0.15, -0.1) is 13.2 Å². The molecular formula is C26H21F3N2O2S. The van der Waals surface area contributed by atoms with Gasteiger partial charge in [0.2, 0.25) is 5.89 Å². The van der Waals surface area contributed by atoms with Gasteiger partial charge in [0.25, 0.3) is 0 Å². The molecule has 4 rings (SSSR count). The predicted molar refractivity (Wildman–Crippen MR) is 131 cm³/mol. The summed E-state index contributed by atoms with van der Waals surface area (Å²) in [6, 6.07) is 17.0. The number of aromatic nitrogens is 1. The van der Waals surface area contributed by atoms with Crippen molar-refractivity contribution < 1.29 is 22.3 Å². The Hall–Kier alpha value is -3.52. The molecule has 1 heterocycles. The van der Waals surface area contributed by atoms with Gasteiger partial charge < -0.3 is 9.15 Å². The maximum absolute atomic E-state index is 12.3. The van der Waals surface area contributed by atoms with Crippen LogP contribution in [0.2, 0.25) is 0 Å². The average Bonchev–Trinajstić information content (AvgIpc) is 3.19. The minimum atomic E-state index is -4.74. The normalized spacial score (nSPS) is 11.9. The summed E-state index contributed by atoms with van der Waals surface area (Å²) in [5.41, 5.74) is 6.26. The molecule has 0 bridgehead atoms. The second-order valence-electron chi connectivity index (χ2n) is 7.87. The summed E-state index contributed by atoms with van der Waals surface area (Å²) in [7, 11) is 0. The molecule has 0 spiro atoms. The number of aliphatic imine (C=N–C) groups is 1. The van der Waals surface area contributed by atoms with Gasteiger partial charge in [0.05, 0.1) is 6.54 Å². The molecule has 0 fully saturated rings. The zero-order valence-corrected chi connectivity index (χ0v) is 19.3. The van der Waals surface area contributed by atoms with Crippen LogP contribution >= 0.6 is 12.2 Å². The molecule has 8 heteroatoms. The summed E-state index contributed by atoms with van der Waals surface area (Å²) in [6.45, 7) is 4.61. The third-order valence-corrected chi connectivity index (χ3v) is 5.55. The lowest BCUT2D eigenvalue weighted by Gasteiger charge is -2.09. The van der Waals surface area contributed by atoms with E-state index in [2.05, 4.69) is 40.7 Å². The maximum atomic E-state index is 12.3. The number of benzene rings is 3. The summed E-state index contributed by atoms with van der Waals surface area (Å²) >= 11 is 5.53. The quantitative estimate of drug-likeness (QED) is 0.209. The Morgan fingerprint density at radius 2 is 1.76 bits per heavy atom. The molecule has 174 valence electrons. The Balaban J connectivity index is 1.43. The largest absolute Gasteiger partial charge is 0.573 e. The van der Waals surface area contributed by atoms with E-state index in [4.69, 9.17) is 16.6 Å². The zero-order valence-electron chi connectivity index (χ0n) is 18.5. The number of alkyl halides is 3. The third kappa shape index (κ3) is 5.88. The number of oxazole rings is 1. The number of nitrogens with zero attached hydrogens (tertiary/aromatic N) is 2. The van der Waals surface area contributed by atoms with E-state index >= 15 is 0 Å². The number of rotatable bonds is 7. The molecule has 0 saturated carbocycles. The molecule has 0 saturated heterocycles. The topological polar surface area (TPSA) is 47.6 Å². The van der Waals surface area contributed by atoms with Crippen molar-refractivity contribution in [2.75, 3.05) is 6.54 Å². The van der Waals surface area contributed by atoms with Crippen LogP contribution in [0.4, 0.5) is 13.2 Å². The highest BCUT2D eigenvalue weighted by Gasteiger charge is 2.31. The minimum Gasteiger partial charge on any atom is -0.436 e. The van der Waals surface area contributed by atoms with Crippen molar-refractivity contribution in [3.63, 3.8) is 0 Å². The Kier molecular flexibility index (Phi) is 6.79. The van der Waals surface area contributed by atoms with Crippen LogP contribution in [0.25, 0.3) is 22.6 Å². The summed E-state index contributed by atoms with van der Waals surface area (Å²) < 4.78 is 46.6. The van der Waals surface area contributed by atoms with Crippen molar-refractivity contribution in [2.45, 2.75) is 26.6 Å². The van der Waals surface area contributed by atoms with Crippen LogP contribution in [0.15, 0.2) is 70.1 Å². The van der Waals surface area contributed by atoms with Crippen LogP contribution in [-0.4, -0.2) is 29.0 Å². The van der Waals surface area contributed by atoms with E-state index in [9.17, 15) is 13.2 Å². The van der Waals surface area contributed by atoms with E-state index in [0.29, 0.717) is 35.5 Å². The van der Waals surface area contributed by atoms with E-state index in [-0.39, 0.29) is 5.75 Å². The van der Waals surface area contributed by atoms with Crippen LogP contribution < -0.4 is 4.74 Å². The van der Waals surface area contributed by atoms with Crippen LogP contribution in [0.1, 0.15) is 22.3 Å². The van der Waals surface area contributed by atoms with Crippen LogP contribution in [0.3, 0.4) is 0 Å². The van der Waals surface area contributed by atoms with Gasteiger partial charge in [-0.3, -0.25) is 4.99 Å². The fourth-order valence-electron chi connectivity index (χ4n) is 3.58. The van der Waals surface area contributed by atoms with Gasteiger partial charge >= 0.3 is 6.36 Å². The van der Waals surface area contributed by atoms with Gasteiger partial charge in [-0.1, -0.05) is 30.4 Å². The fourth-order valence-corrected chi connectivity index (χ4v) is 3.80. The molecule has 3 aromatic carbocycles. The van der Waals surface area contributed by atoms with Gasteiger partial charge in [0, 0.05) is 23.1 Å². The Bertz CT molecular complexity index is 1340. The number of ether oxygens (including phenoxy) is 1. The van der Waals surface area contributed by atoms with Crippen molar-refractivity contribution >= 4 is 34.4 Å². The number of hydrogen-bond acceptors (Lipinski definition) is 5. The molecule has 0 aliphatic carbocycles. The average molecular weight is 483 g/mol. The van der Waals surface area contributed by atoms with Crippen molar-refractivity contribution in [1.29, 1.82) is 0 Å². The highest BCUT2D eigenvalue weighted by molar-refractivity contribution is 7.80. The SMILES string of the molecule is Cc1cccc(C)c1CC(=S)CN=Cc1ccc2oc(-c3ccc(OC(F)(F)F)cc3)nc2c1. The molecule has 1 aromatic heterocycles. The lowest BCUT2D eigenvalue weighted by atomic mass is 9.99. The first-order valence-electron chi connectivity index (χ1n) is 10.5. The van der Waals surface area contributed by atoms with Gasteiger partial charge in [0.15, 0.2) is 5.58 Å². The van der Waals surface area contributed by atoms with Crippen molar-refractivity contribution in [1.82, 2.24) is 4.98 Å². The Morgan fingerprint density at radius 1 is 1.06 bits per heavy atom. The molecule has 0 atom stereocenters. The van der Waals surface area contributed by atoms with Crippen molar-refractivity contribution in [3.05, 3.63) is 82.9 Å². The summed E-state index contributed by atoms with van der Waals surface area (Å²) in [5, 5.41) is 0. The summed E-state index contributed by atoms with van der Waals surface area (Å²) in [6.07, 6.45) is -2.28. The Morgan fingerprint density at radius 3 is 2.44 bits per heavy atom. The highest BCUT2D eigenvalue weighted by atomic mass is 32.1. The molecule has 0 amide bonds. The van der Waals surface area contributed by atoms with Crippen LogP contribution in [0.5, 0.6) is 5.75 Å². The van der Waals surface area contributed by atoms with E-state index in [1.54, 1.807) is 12.3 Å². The predicted octanol–water partition coefficient (Wildman–Crippen LogP) is 7.04. The molecule has 0 unspecified atom stereocenters. The molecule has 0 aliphatic heterocycles. The third-order valence-electron chi connectivity index (χ3n) is 5.27. The standard InChI is InChI=1S/C26H21F3N2O2S/c1-16-4-3-5-17(2)22(16)13-21(34)15-30-14-18-6-11-24-23(12-18)31-25(32-24)19-7-9-20(10-8-19)33-26(27,28)29/h3-12,14H,13,15H2,1-2H3. The number of halogens is 3. The van der Waals surface area contributed by atoms with Crippen LogP contribution in [-0.2, 0) is 6.42 Å². The van der Waals surface area contributed by atoms with E-state index in [1.165, 1.54) is 41.0 Å². The lowest BCUT2D eigenvalue weighted by molar-refractivity contribution is -0.274. The van der Waals surface area contributed by atoms with E-state index in [0.717, 1.165) is 10.4 Å². The molecule has 0 radical (unpaired) electrons. The monoisotopic (exact) mass is 482 g/mol. The molecule has 0 aliphatic rings. The first kappa shape index (κ1) is 23.6. The first-order valence-corrected chi connectivity index (χ1v) is 10.9. The molecule has 0 N–H and O–H groups in total. The van der Waals surface area contributed by atoms with Crippen molar-refractivity contribution in [3.8, 4) is 17.2 Å². The summed E-state index contributed by atoms with van der Waals surface area (Å²) in [4.78, 5) is 9.78. The fraction of sp³-hybridized carbons (Fsp3) is 0.192. The number of fused-ring (bicyclic) bond motifs is 1.